The molecule has 0 bridgehead atoms. The smallest absolute Gasteiger partial charge is 0.850 e. The minimum absolute atomic E-state index is 0. The van der Waals surface area contributed by atoms with E-state index in [1.807, 2.05) is 6.92 Å². The summed E-state index contributed by atoms with van der Waals surface area (Å²) in [4.78, 5) is 0. The van der Waals surface area contributed by atoms with Crippen molar-refractivity contribution in [3.8, 4) is 0 Å². The van der Waals surface area contributed by atoms with Crippen LogP contribution in [0.5, 0.6) is 0 Å². The molecule has 4 heteroatoms. The fourth-order valence-corrected chi connectivity index (χ4v) is 0. The van der Waals surface area contributed by atoms with E-state index in [2.05, 4.69) is 0 Å². The summed E-state index contributed by atoms with van der Waals surface area (Å²) in [6.45, 7) is 10.2. The SMILES string of the molecule is CC(C)(C)[O-].CCC(C)(C)[O-].[K+].[K+]. The van der Waals surface area contributed by atoms with Gasteiger partial charge in [0.25, 0.3) is 0 Å². The minimum atomic E-state index is -0.750. The van der Waals surface area contributed by atoms with Crippen LogP contribution < -0.4 is 113 Å². The van der Waals surface area contributed by atoms with Crippen LogP contribution >= 0.6 is 0 Å². The van der Waals surface area contributed by atoms with E-state index in [4.69, 9.17) is 0 Å². The summed E-state index contributed by atoms with van der Waals surface area (Å²) in [5.41, 5.74) is -1.46. The van der Waals surface area contributed by atoms with Gasteiger partial charge in [-0.25, -0.2) is 0 Å². The van der Waals surface area contributed by atoms with Crippen LogP contribution in [0.15, 0.2) is 0 Å². The molecule has 0 amide bonds. The maximum absolute atomic E-state index is 10.5. The fraction of sp³-hybridized carbons (Fsp3) is 1.00. The number of hydrogen-bond donors (Lipinski definition) is 0. The first-order valence-corrected chi connectivity index (χ1v) is 3.97. The molecule has 0 aliphatic rings. The van der Waals surface area contributed by atoms with Crippen LogP contribution in [0.1, 0.15) is 48.0 Å². The van der Waals surface area contributed by atoms with E-state index < -0.39 is 11.2 Å². The Kier molecular flexibility index (Phi) is 22.6. The third-order valence-corrected chi connectivity index (χ3v) is 0.851. The van der Waals surface area contributed by atoms with Gasteiger partial charge in [-0.2, -0.15) is 0 Å². The van der Waals surface area contributed by atoms with Crippen molar-refractivity contribution >= 4 is 0 Å². The van der Waals surface area contributed by atoms with Gasteiger partial charge in [0.2, 0.25) is 0 Å². The molecule has 13 heavy (non-hydrogen) atoms. The molecule has 0 aromatic carbocycles. The van der Waals surface area contributed by atoms with Crippen molar-refractivity contribution in [3.63, 3.8) is 0 Å². The molecule has 0 aliphatic carbocycles. The van der Waals surface area contributed by atoms with Gasteiger partial charge in [0, 0.05) is 0 Å². The van der Waals surface area contributed by atoms with E-state index in [9.17, 15) is 10.2 Å². The Labute approximate surface area is 168 Å². The second kappa shape index (κ2) is 11.7. The van der Waals surface area contributed by atoms with Gasteiger partial charge >= 0.3 is 103 Å². The van der Waals surface area contributed by atoms with E-state index in [0.717, 1.165) is 0 Å². The Morgan fingerprint density at radius 1 is 0.846 bits per heavy atom. The predicted molar refractivity (Wildman–Crippen MR) is 44.1 cm³/mol. The molecule has 70 valence electrons. The Balaban J connectivity index is -0.0000000546. The van der Waals surface area contributed by atoms with Gasteiger partial charge in [-0.1, -0.05) is 48.0 Å². The number of rotatable bonds is 1. The molecular weight excluding hydrogens is 218 g/mol. The molecule has 0 saturated heterocycles. The van der Waals surface area contributed by atoms with E-state index in [1.54, 1.807) is 34.6 Å². The van der Waals surface area contributed by atoms with E-state index >= 15 is 0 Å². The van der Waals surface area contributed by atoms with Crippen LogP contribution in [0.3, 0.4) is 0 Å². The zero-order valence-corrected chi connectivity index (χ0v) is 16.8. The van der Waals surface area contributed by atoms with Crippen LogP contribution in [0, 0.1) is 0 Å². The van der Waals surface area contributed by atoms with Gasteiger partial charge in [-0.05, 0) is 0 Å². The summed E-state index contributed by atoms with van der Waals surface area (Å²) < 4.78 is 0. The Hall–Kier alpha value is 3.19. The Bertz CT molecular complexity index is 86.8. The molecule has 0 atom stereocenters. The topological polar surface area (TPSA) is 46.1 Å². The molecule has 2 nitrogen and oxygen atoms in total. The molecule has 0 heterocycles. The summed E-state index contributed by atoms with van der Waals surface area (Å²) in [7, 11) is 0. The van der Waals surface area contributed by atoms with Crippen LogP contribution in [0.2, 0.25) is 0 Å². The summed E-state index contributed by atoms with van der Waals surface area (Å²) in [6, 6.07) is 0. The largest absolute Gasteiger partial charge is 1.00 e. The molecule has 0 saturated carbocycles. The second-order valence-corrected chi connectivity index (χ2v) is 4.23. The van der Waals surface area contributed by atoms with Gasteiger partial charge in [-0.15, -0.1) is 11.2 Å². The molecule has 0 unspecified atom stereocenters. The van der Waals surface area contributed by atoms with Gasteiger partial charge < -0.3 is 10.2 Å². The van der Waals surface area contributed by atoms with Gasteiger partial charge in [0.05, 0.1) is 0 Å². The first kappa shape index (κ1) is 25.1. The summed E-state index contributed by atoms with van der Waals surface area (Å²) >= 11 is 0. The molecule has 0 fully saturated rings. The van der Waals surface area contributed by atoms with E-state index in [-0.39, 0.29) is 103 Å². The zero-order chi connectivity index (χ0) is 9.71. The van der Waals surface area contributed by atoms with Crippen LogP contribution in [-0.2, 0) is 0 Å². The average molecular weight is 238 g/mol. The predicted octanol–water partition coefficient (Wildman–Crippen LogP) is -5.31. The van der Waals surface area contributed by atoms with Crippen molar-refractivity contribution in [2.45, 2.75) is 59.2 Å². The molecule has 0 spiro atoms. The van der Waals surface area contributed by atoms with Crippen molar-refractivity contribution in [3.05, 3.63) is 0 Å². The van der Waals surface area contributed by atoms with Gasteiger partial charge in [-0.3, -0.25) is 0 Å². The molecule has 0 N–H and O–H groups in total. The molecule has 0 radical (unpaired) electrons. The number of hydrogen-bond acceptors (Lipinski definition) is 2. The molecule has 0 rings (SSSR count). The zero-order valence-electron chi connectivity index (χ0n) is 10.5. The van der Waals surface area contributed by atoms with E-state index in [1.165, 1.54) is 0 Å². The standard InChI is InChI=1S/C5H11O.C4H9O.2K/c1-4-5(2,3)6;1-4(2,3)5;;/h4H2,1-3H3;1-3H3;;/q2*-1;2*+1. The quantitative estimate of drug-likeness (QED) is 0.429. The summed E-state index contributed by atoms with van der Waals surface area (Å²) in [6.07, 6.45) is 0.715. The molecule has 0 aliphatic heterocycles. The van der Waals surface area contributed by atoms with Crippen molar-refractivity contribution in [1.29, 1.82) is 0 Å². The normalized spacial score (nSPS) is 10.2. The Morgan fingerprint density at radius 3 is 0.923 bits per heavy atom. The van der Waals surface area contributed by atoms with Crippen molar-refractivity contribution in [1.82, 2.24) is 0 Å². The summed E-state index contributed by atoms with van der Waals surface area (Å²) in [5, 5.41) is 20.6. The van der Waals surface area contributed by atoms with Crippen LogP contribution in [-0.4, -0.2) is 11.2 Å². The Morgan fingerprint density at radius 2 is 0.923 bits per heavy atom. The van der Waals surface area contributed by atoms with Crippen molar-refractivity contribution < 1.29 is 113 Å². The molecule has 0 aromatic rings. The first-order chi connectivity index (χ1) is 4.56. The third-order valence-electron chi connectivity index (χ3n) is 0.851. The summed E-state index contributed by atoms with van der Waals surface area (Å²) in [5.74, 6) is 0. The van der Waals surface area contributed by atoms with Crippen LogP contribution in [0.4, 0.5) is 0 Å². The maximum atomic E-state index is 10.5. The first-order valence-electron chi connectivity index (χ1n) is 3.97. The third kappa shape index (κ3) is 69.0. The van der Waals surface area contributed by atoms with Crippen molar-refractivity contribution in [2.75, 3.05) is 0 Å². The monoisotopic (exact) mass is 238 g/mol. The fourth-order valence-electron chi connectivity index (χ4n) is 0. The molecule has 0 aromatic heterocycles. The van der Waals surface area contributed by atoms with E-state index in [0.29, 0.717) is 6.42 Å². The average Bonchev–Trinajstić information content (AvgIpc) is 1.59. The van der Waals surface area contributed by atoms with Crippen molar-refractivity contribution in [2.24, 2.45) is 0 Å². The minimum Gasteiger partial charge on any atom is -0.850 e. The van der Waals surface area contributed by atoms with Gasteiger partial charge in [0.1, 0.15) is 0 Å². The second-order valence-electron chi connectivity index (χ2n) is 4.23. The maximum Gasteiger partial charge on any atom is 1.00 e. The van der Waals surface area contributed by atoms with Crippen LogP contribution in [0.25, 0.3) is 0 Å². The molecular formula is C9H20K2O2. The van der Waals surface area contributed by atoms with Gasteiger partial charge in [0.15, 0.2) is 0 Å².